The molecule has 0 spiro atoms. The highest BCUT2D eigenvalue weighted by Gasteiger charge is 2.20. The molecule has 0 aliphatic carbocycles. The summed E-state index contributed by atoms with van der Waals surface area (Å²) in [5.41, 5.74) is 0.730. The Morgan fingerprint density at radius 2 is 2.10 bits per heavy atom. The molecule has 8 heteroatoms. The number of anilines is 1. The van der Waals surface area contributed by atoms with Gasteiger partial charge in [0.25, 0.3) is 10.0 Å². The Balaban J connectivity index is 2.26. The van der Waals surface area contributed by atoms with Gasteiger partial charge in [0.2, 0.25) is 0 Å². The summed E-state index contributed by atoms with van der Waals surface area (Å²) in [5, 5.41) is 4.92. The van der Waals surface area contributed by atoms with Gasteiger partial charge in [-0.3, -0.25) is 4.72 Å². The average Bonchev–Trinajstić information content (AvgIpc) is 2.89. The van der Waals surface area contributed by atoms with Gasteiger partial charge < -0.3 is 5.32 Å². The predicted molar refractivity (Wildman–Crippen MR) is 89.2 cm³/mol. The number of pyridine rings is 1. The molecule has 0 unspecified atom stereocenters. The molecule has 2 aromatic heterocycles. The van der Waals surface area contributed by atoms with Crippen molar-refractivity contribution in [1.29, 1.82) is 0 Å². The number of hydrogen-bond donors (Lipinski definition) is 2. The molecular weight excluding hydrogens is 374 g/mol. The van der Waals surface area contributed by atoms with Gasteiger partial charge in [-0.2, -0.15) is 0 Å². The van der Waals surface area contributed by atoms with E-state index in [-0.39, 0.29) is 0 Å². The van der Waals surface area contributed by atoms with Crippen LogP contribution in [0, 0.1) is 6.92 Å². The Kier molecular flexibility index (Phi) is 5.37. The number of nitrogens with zero attached hydrogens (tertiary/aromatic N) is 1. The number of rotatable bonds is 6. The minimum absolute atomic E-state index is 0.302. The summed E-state index contributed by atoms with van der Waals surface area (Å²) in [6.07, 6.45) is 0. The molecule has 0 radical (unpaired) electrons. The van der Waals surface area contributed by atoms with Gasteiger partial charge in [-0.25, -0.2) is 13.4 Å². The Bertz CT molecular complexity index is 729. The first-order chi connectivity index (χ1) is 9.94. The maximum atomic E-state index is 12.5. The van der Waals surface area contributed by atoms with Crippen molar-refractivity contribution in [3.05, 3.63) is 38.6 Å². The summed E-state index contributed by atoms with van der Waals surface area (Å²) in [6, 6.07) is 5.02. The van der Waals surface area contributed by atoms with E-state index in [1.165, 1.54) is 11.3 Å². The maximum absolute atomic E-state index is 12.5. The van der Waals surface area contributed by atoms with E-state index in [4.69, 9.17) is 0 Å². The fourth-order valence-corrected chi connectivity index (χ4v) is 4.37. The summed E-state index contributed by atoms with van der Waals surface area (Å²) < 4.78 is 28.3. The molecule has 114 valence electrons. The number of halogens is 1. The van der Waals surface area contributed by atoms with Crippen LogP contribution in [-0.2, 0) is 16.6 Å². The molecule has 0 aliphatic rings. The average molecular weight is 390 g/mol. The molecule has 0 aliphatic heterocycles. The molecule has 0 bridgehead atoms. The predicted octanol–water partition coefficient (Wildman–Crippen LogP) is 3.12. The largest absolute Gasteiger partial charge is 0.312 e. The first-order valence-electron chi connectivity index (χ1n) is 6.37. The van der Waals surface area contributed by atoms with Crippen LogP contribution in [0.25, 0.3) is 0 Å². The molecule has 0 atom stereocenters. The van der Waals surface area contributed by atoms with Crippen LogP contribution in [0.3, 0.4) is 0 Å². The summed E-state index contributed by atoms with van der Waals surface area (Å²) in [5.74, 6) is 0.316. The van der Waals surface area contributed by atoms with Crippen LogP contribution in [0.5, 0.6) is 0 Å². The van der Waals surface area contributed by atoms with Crippen LogP contribution in [0.1, 0.15) is 17.5 Å². The van der Waals surface area contributed by atoms with E-state index in [0.29, 0.717) is 17.3 Å². The normalized spacial score (nSPS) is 11.6. The van der Waals surface area contributed by atoms with Gasteiger partial charge in [-0.15, -0.1) is 11.3 Å². The molecule has 0 saturated heterocycles. The van der Waals surface area contributed by atoms with E-state index in [1.807, 2.05) is 13.8 Å². The lowest BCUT2D eigenvalue weighted by atomic mass is 10.4. The van der Waals surface area contributed by atoms with Gasteiger partial charge >= 0.3 is 0 Å². The molecule has 5 nitrogen and oxygen atoms in total. The number of hydrogen-bond acceptors (Lipinski definition) is 5. The van der Waals surface area contributed by atoms with E-state index in [9.17, 15) is 8.42 Å². The SMILES string of the molecule is CCNCc1sccc1S(=O)(=O)Nc1ccc(Br)c(C)n1. The van der Waals surface area contributed by atoms with Crippen molar-refractivity contribution in [2.24, 2.45) is 0 Å². The lowest BCUT2D eigenvalue weighted by Gasteiger charge is -2.09. The third-order valence-corrected chi connectivity index (χ3v) is 6.12. The quantitative estimate of drug-likeness (QED) is 0.795. The molecule has 2 heterocycles. The summed E-state index contributed by atoms with van der Waals surface area (Å²) in [4.78, 5) is 5.30. The fourth-order valence-electron chi connectivity index (χ4n) is 1.73. The zero-order chi connectivity index (χ0) is 15.5. The molecular formula is C13H16BrN3O2S2. The zero-order valence-electron chi connectivity index (χ0n) is 11.7. The van der Waals surface area contributed by atoms with Crippen LogP contribution in [0.15, 0.2) is 32.9 Å². The molecule has 2 aromatic rings. The van der Waals surface area contributed by atoms with Crippen LogP contribution >= 0.6 is 27.3 Å². The highest BCUT2D eigenvalue weighted by molar-refractivity contribution is 9.10. The highest BCUT2D eigenvalue weighted by atomic mass is 79.9. The first-order valence-corrected chi connectivity index (χ1v) is 9.52. The Labute approximate surface area is 137 Å². The molecule has 0 aromatic carbocycles. The second-order valence-electron chi connectivity index (χ2n) is 4.36. The number of aryl methyl sites for hydroxylation is 1. The third kappa shape index (κ3) is 4.03. The smallest absolute Gasteiger partial charge is 0.264 e. The summed E-state index contributed by atoms with van der Waals surface area (Å²) in [7, 11) is -3.62. The van der Waals surface area contributed by atoms with Crippen molar-refractivity contribution < 1.29 is 8.42 Å². The monoisotopic (exact) mass is 389 g/mol. The Morgan fingerprint density at radius 3 is 2.76 bits per heavy atom. The Morgan fingerprint density at radius 1 is 1.33 bits per heavy atom. The van der Waals surface area contributed by atoms with Gasteiger partial charge in [-0.1, -0.05) is 6.92 Å². The highest BCUT2D eigenvalue weighted by Crippen LogP contribution is 2.24. The topological polar surface area (TPSA) is 71.1 Å². The number of aromatic nitrogens is 1. The Hall–Kier alpha value is -0.960. The molecule has 2 rings (SSSR count). The number of nitrogens with one attached hydrogen (secondary N) is 2. The third-order valence-electron chi connectivity index (χ3n) is 2.79. The van der Waals surface area contributed by atoms with Gasteiger partial charge in [0.1, 0.15) is 10.7 Å². The van der Waals surface area contributed by atoms with Crippen LogP contribution in [0.2, 0.25) is 0 Å². The minimum Gasteiger partial charge on any atom is -0.312 e. The van der Waals surface area contributed by atoms with Crippen molar-refractivity contribution in [2.45, 2.75) is 25.3 Å². The first kappa shape index (κ1) is 16.4. The van der Waals surface area contributed by atoms with Gasteiger partial charge in [0.15, 0.2) is 0 Å². The second-order valence-corrected chi connectivity index (χ2v) is 7.86. The molecule has 0 saturated carbocycles. The second kappa shape index (κ2) is 6.87. The summed E-state index contributed by atoms with van der Waals surface area (Å²) in [6.45, 7) is 5.12. The van der Waals surface area contributed by atoms with Crippen LogP contribution < -0.4 is 10.0 Å². The molecule has 0 amide bonds. The van der Waals surface area contributed by atoms with Gasteiger partial charge in [0, 0.05) is 15.9 Å². The molecule has 0 fully saturated rings. The van der Waals surface area contributed by atoms with Crippen molar-refractivity contribution in [2.75, 3.05) is 11.3 Å². The number of thiophene rings is 1. The molecule has 21 heavy (non-hydrogen) atoms. The summed E-state index contributed by atoms with van der Waals surface area (Å²) >= 11 is 4.76. The molecule has 2 N–H and O–H groups in total. The van der Waals surface area contributed by atoms with Crippen molar-refractivity contribution in [1.82, 2.24) is 10.3 Å². The van der Waals surface area contributed by atoms with Crippen LogP contribution in [0.4, 0.5) is 5.82 Å². The lowest BCUT2D eigenvalue weighted by molar-refractivity contribution is 0.599. The van der Waals surface area contributed by atoms with Crippen molar-refractivity contribution in [3.8, 4) is 0 Å². The lowest BCUT2D eigenvalue weighted by Crippen LogP contribution is -2.17. The van der Waals surface area contributed by atoms with E-state index in [0.717, 1.165) is 21.6 Å². The maximum Gasteiger partial charge on any atom is 0.264 e. The van der Waals surface area contributed by atoms with E-state index in [1.54, 1.807) is 23.6 Å². The standard InChI is InChI=1S/C13H16BrN3O2S2/c1-3-15-8-11-12(6-7-20-11)21(18,19)17-13-5-4-10(14)9(2)16-13/h4-7,15H,3,8H2,1-2H3,(H,16,17). The van der Waals surface area contributed by atoms with Gasteiger partial charge in [-0.05, 0) is 53.0 Å². The van der Waals surface area contributed by atoms with E-state index < -0.39 is 10.0 Å². The zero-order valence-corrected chi connectivity index (χ0v) is 14.9. The fraction of sp³-hybridized carbons (Fsp3) is 0.308. The van der Waals surface area contributed by atoms with Crippen molar-refractivity contribution >= 4 is 43.1 Å². The minimum atomic E-state index is -3.62. The van der Waals surface area contributed by atoms with E-state index >= 15 is 0 Å². The number of sulfonamides is 1. The van der Waals surface area contributed by atoms with E-state index in [2.05, 4.69) is 31.0 Å². The van der Waals surface area contributed by atoms with Crippen LogP contribution in [-0.4, -0.2) is 19.9 Å². The van der Waals surface area contributed by atoms with Crippen molar-refractivity contribution in [3.63, 3.8) is 0 Å². The van der Waals surface area contributed by atoms with Gasteiger partial charge in [0.05, 0.1) is 5.69 Å².